The van der Waals surface area contributed by atoms with Gasteiger partial charge in [0.05, 0.1) is 17.4 Å². The fourth-order valence-electron chi connectivity index (χ4n) is 2.75. The van der Waals surface area contributed by atoms with Crippen molar-refractivity contribution in [2.24, 2.45) is 0 Å². The molecule has 31 heavy (non-hydrogen) atoms. The van der Waals surface area contributed by atoms with Gasteiger partial charge in [0, 0.05) is 32.7 Å². The lowest BCUT2D eigenvalue weighted by atomic mass is 10.1. The van der Waals surface area contributed by atoms with Crippen LogP contribution in [0.2, 0.25) is 0 Å². The number of halogens is 3. The fourth-order valence-corrected chi connectivity index (χ4v) is 2.75. The van der Waals surface area contributed by atoms with Gasteiger partial charge >= 0.3 is 18.1 Å². The minimum Gasteiger partial charge on any atom is -0.478 e. The Morgan fingerprint density at radius 3 is 2.26 bits per heavy atom. The highest BCUT2D eigenvalue weighted by Gasteiger charge is 2.38. The van der Waals surface area contributed by atoms with Crippen molar-refractivity contribution < 1.29 is 33.0 Å². The van der Waals surface area contributed by atoms with E-state index in [2.05, 4.69) is 33.2 Å². The first-order chi connectivity index (χ1) is 14.6. The van der Waals surface area contributed by atoms with Crippen molar-refractivity contribution >= 4 is 23.4 Å². The van der Waals surface area contributed by atoms with Gasteiger partial charge in [0.15, 0.2) is 0 Å². The van der Waals surface area contributed by atoms with Crippen molar-refractivity contribution in [3.8, 4) is 0 Å². The Bertz CT molecular complexity index is 883. The van der Waals surface area contributed by atoms with Crippen LogP contribution < -0.4 is 10.2 Å². The van der Waals surface area contributed by atoms with E-state index < -0.39 is 18.1 Å². The lowest BCUT2D eigenvalue weighted by Gasteiger charge is -2.33. The van der Waals surface area contributed by atoms with E-state index in [-0.39, 0.29) is 0 Å². The van der Waals surface area contributed by atoms with Crippen LogP contribution in [-0.4, -0.2) is 71.4 Å². The second-order valence-electron chi connectivity index (χ2n) is 6.85. The molecule has 0 saturated carbocycles. The Morgan fingerprint density at radius 2 is 1.74 bits per heavy atom. The summed E-state index contributed by atoms with van der Waals surface area (Å²) in [5.74, 6) is -2.88. The van der Waals surface area contributed by atoms with Crippen LogP contribution in [0.5, 0.6) is 0 Å². The van der Waals surface area contributed by atoms with Crippen molar-refractivity contribution in [2.45, 2.75) is 12.7 Å². The number of carboxylic acids is 2. The molecule has 11 heteroatoms. The van der Waals surface area contributed by atoms with Gasteiger partial charge in [-0.05, 0) is 36.9 Å². The number of carboxylic acid groups (broad SMARTS) is 2. The van der Waals surface area contributed by atoms with Crippen LogP contribution >= 0.6 is 0 Å². The molecule has 8 nitrogen and oxygen atoms in total. The summed E-state index contributed by atoms with van der Waals surface area (Å²) in [4.78, 5) is 29.0. The number of aromatic nitrogens is 1. The van der Waals surface area contributed by atoms with Gasteiger partial charge in [-0.1, -0.05) is 12.1 Å². The Morgan fingerprint density at radius 1 is 1.10 bits per heavy atom. The number of carbonyl (C=O) groups is 2. The number of anilines is 2. The molecule has 1 fully saturated rings. The molecule has 0 unspecified atom stereocenters. The third kappa shape index (κ3) is 7.78. The molecule has 0 spiro atoms. The molecular weight excluding hydrogens is 417 g/mol. The summed E-state index contributed by atoms with van der Waals surface area (Å²) >= 11 is 0. The molecule has 0 amide bonds. The Labute approximate surface area is 176 Å². The highest BCUT2D eigenvalue weighted by molar-refractivity contribution is 5.87. The van der Waals surface area contributed by atoms with E-state index in [1.165, 1.54) is 0 Å². The Balaban J connectivity index is 0.000000423. The van der Waals surface area contributed by atoms with E-state index in [4.69, 9.17) is 15.0 Å². The number of piperazine rings is 1. The summed E-state index contributed by atoms with van der Waals surface area (Å²) in [6, 6.07) is 11.0. The highest BCUT2D eigenvalue weighted by atomic mass is 19.4. The van der Waals surface area contributed by atoms with Gasteiger partial charge < -0.3 is 25.3 Å². The number of pyridine rings is 1. The van der Waals surface area contributed by atoms with E-state index in [0.29, 0.717) is 12.1 Å². The van der Waals surface area contributed by atoms with Gasteiger partial charge in [-0.25, -0.2) is 14.6 Å². The zero-order chi connectivity index (χ0) is 23.0. The predicted octanol–water partition coefficient (Wildman–Crippen LogP) is 2.78. The normalized spacial score (nSPS) is 14.4. The van der Waals surface area contributed by atoms with Crippen LogP contribution in [0.15, 0.2) is 42.6 Å². The van der Waals surface area contributed by atoms with Gasteiger partial charge in [0.2, 0.25) is 0 Å². The number of likely N-dealkylation sites (N-methyl/N-ethyl adjacent to an activating group) is 1. The predicted molar refractivity (Wildman–Crippen MR) is 108 cm³/mol. The van der Waals surface area contributed by atoms with E-state index in [0.717, 1.165) is 43.2 Å². The second kappa shape index (κ2) is 10.6. The first-order valence-corrected chi connectivity index (χ1v) is 9.32. The minimum absolute atomic E-state index is 0.299. The molecule has 0 aliphatic carbocycles. The maximum Gasteiger partial charge on any atom is 0.490 e. The molecule has 3 N–H and O–H groups in total. The van der Waals surface area contributed by atoms with Crippen molar-refractivity contribution in [3.63, 3.8) is 0 Å². The molecule has 168 valence electrons. The van der Waals surface area contributed by atoms with Crippen molar-refractivity contribution in [1.29, 1.82) is 0 Å². The molecule has 3 rings (SSSR count). The molecule has 0 atom stereocenters. The molecule has 0 radical (unpaired) electrons. The van der Waals surface area contributed by atoms with Crippen LogP contribution in [0.3, 0.4) is 0 Å². The smallest absolute Gasteiger partial charge is 0.478 e. The quantitative estimate of drug-likeness (QED) is 0.652. The third-order valence-electron chi connectivity index (χ3n) is 4.51. The summed E-state index contributed by atoms with van der Waals surface area (Å²) in [6.07, 6.45) is -3.19. The number of nitrogens with zero attached hydrogens (tertiary/aromatic N) is 3. The number of aromatic carboxylic acids is 1. The van der Waals surface area contributed by atoms with Gasteiger partial charge in [-0.15, -0.1) is 0 Å². The highest BCUT2D eigenvalue weighted by Crippen LogP contribution is 2.17. The number of aliphatic carboxylic acids is 1. The minimum atomic E-state index is -5.08. The largest absolute Gasteiger partial charge is 0.490 e. The first-order valence-electron chi connectivity index (χ1n) is 9.32. The van der Waals surface area contributed by atoms with E-state index in [9.17, 15) is 18.0 Å². The number of hydrogen-bond donors (Lipinski definition) is 3. The third-order valence-corrected chi connectivity index (χ3v) is 4.51. The summed E-state index contributed by atoms with van der Waals surface area (Å²) in [7, 11) is 2.14. The Hall–Kier alpha value is -3.34. The standard InChI is InChI=1S/C18H22N4O2.C2HF3O2/c1-21-7-9-22(10-8-21)16-5-6-17(20-13-16)19-12-14-3-2-4-15(11-14)18(23)24;3-2(4,5)1(6)7/h2-6,11,13H,7-10,12H2,1H3,(H,19,20)(H,23,24);(H,6,7). The lowest BCUT2D eigenvalue weighted by molar-refractivity contribution is -0.192. The second-order valence-corrected chi connectivity index (χ2v) is 6.85. The molecular formula is C20H23F3N4O4. The van der Waals surface area contributed by atoms with Crippen molar-refractivity contribution in [3.05, 3.63) is 53.7 Å². The van der Waals surface area contributed by atoms with Crippen LogP contribution in [0.4, 0.5) is 24.7 Å². The average molecular weight is 440 g/mol. The summed E-state index contributed by atoms with van der Waals surface area (Å²) in [5.41, 5.74) is 2.36. The fraction of sp³-hybridized carbons (Fsp3) is 0.350. The summed E-state index contributed by atoms with van der Waals surface area (Å²) in [6.45, 7) is 4.72. The van der Waals surface area contributed by atoms with E-state index in [1.807, 2.05) is 18.3 Å². The molecule has 1 saturated heterocycles. The Kier molecular flexibility index (Phi) is 8.20. The number of rotatable bonds is 5. The van der Waals surface area contributed by atoms with Gasteiger partial charge in [-0.3, -0.25) is 0 Å². The van der Waals surface area contributed by atoms with Gasteiger partial charge in [0.25, 0.3) is 0 Å². The zero-order valence-corrected chi connectivity index (χ0v) is 16.8. The number of nitrogens with one attached hydrogen (secondary N) is 1. The maximum absolute atomic E-state index is 11.0. The van der Waals surface area contributed by atoms with E-state index >= 15 is 0 Å². The van der Waals surface area contributed by atoms with Gasteiger partial charge in [0.1, 0.15) is 5.82 Å². The van der Waals surface area contributed by atoms with Crippen LogP contribution in [0, 0.1) is 0 Å². The summed E-state index contributed by atoms with van der Waals surface area (Å²) in [5, 5.41) is 19.4. The first kappa shape index (κ1) is 23.9. The number of alkyl halides is 3. The van der Waals surface area contributed by atoms with Gasteiger partial charge in [-0.2, -0.15) is 13.2 Å². The average Bonchev–Trinajstić information content (AvgIpc) is 2.73. The van der Waals surface area contributed by atoms with Crippen LogP contribution in [0.25, 0.3) is 0 Å². The van der Waals surface area contributed by atoms with Crippen LogP contribution in [-0.2, 0) is 11.3 Å². The number of hydrogen-bond acceptors (Lipinski definition) is 6. The molecule has 1 aromatic carbocycles. The topological polar surface area (TPSA) is 106 Å². The van der Waals surface area contributed by atoms with E-state index in [1.54, 1.807) is 18.2 Å². The van der Waals surface area contributed by atoms with Crippen molar-refractivity contribution in [2.75, 3.05) is 43.4 Å². The number of benzene rings is 1. The SMILES string of the molecule is CN1CCN(c2ccc(NCc3cccc(C(=O)O)c3)nc2)CC1.O=C(O)C(F)(F)F. The molecule has 2 heterocycles. The molecule has 1 aliphatic heterocycles. The molecule has 1 aromatic heterocycles. The zero-order valence-electron chi connectivity index (χ0n) is 16.8. The monoisotopic (exact) mass is 440 g/mol. The summed E-state index contributed by atoms with van der Waals surface area (Å²) < 4.78 is 31.7. The lowest BCUT2D eigenvalue weighted by Crippen LogP contribution is -2.44. The maximum atomic E-state index is 11.0. The molecule has 0 bridgehead atoms. The molecule has 1 aliphatic rings. The molecule has 2 aromatic rings. The van der Waals surface area contributed by atoms with Crippen molar-refractivity contribution in [1.82, 2.24) is 9.88 Å². The van der Waals surface area contributed by atoms with Crippen LogP contribution in [0.1, 0.15) is 15.9 Å².